The van der Waals surface area contributed by atoms with Gasteiger partial charge in [0.2, 0.25) is 5.91 Å². The van der Waals surface area contributed by atoms with Crippen LogP contribution in [0.2, 0.25) is 0 Å². The first-order valence-corrected chi connectivity index (χ1v) is 14.1. The second-order valence-electron chi connectivity index (χ2n) is 9.43. The van der Waals surface area contributed by atoms with Crippen molar-refractivity contribution in [2.45, 2.75) is 49.9 Å². The summed E-state index contributed by atoms with van der Waals surface area (Å²) in [6, 6.07) is 18.5. The highest BCUT2D eigenvalue weighted by Crippen LogP contribution is 2.42. The summed E-state index contributed by atoms with van der Waals surface area (Å²) in [5.41, 5.74) is 2.28. The molecule has 2 atom stereocenters. The molecule has 1 saturated carbocycles. The van der Waals surface area contributed by atoms with Gasteiger partial charge in [0, 0.05) is 28.9 Å². The lowest BCUT2D eigenvalue weighted by Crippen LogP contribution is -2.54. The molecule has 35 heavy (non-hydrogen) atoms. The van der Waals surface area contributed by atoms with Crippen LogP contribution in [0, 0.1) is 0 Å². The van der Waals surface area contributed by atoms with Crippen LogP contribution in [0.5, 0.6) is 0 Å². The standard InChI is InChI=1S/C28H34BrN3O2S/c1-31(19-21-9-3-2-4-10-21)16-8-15-30-27(33)20-32-24-13-5-6-14-25(24)35-26(28(32)34)18-22-11-7-12-23(29)17-22/h2-4,7,9-12,17-18,24-25H,5-6,8,13-16,19-20H2,1H3,(H,30,33)/b26-18+. The number of amides is 2. The average molecular weight is 557 g/mol. The molecule has 1 aliphatic carbocycles. The minimum Gasteiger partial charge on any atom is -0.355 e. The molecule has 2 amide bonds. The van der Waals surface area contributed by atoms with Gasteiger partial charge in [0.25, 0.3) is 5.91 Å². The highest BCUT2D eigenvalue weighted by molar-refractivity contribution is 9.10. The Balaban J connectivity index is 1.31. The van der Waals surface area contributed by atoms with Crippen molar-refractivity contribution in [3.63, 3.8) is 0 Å². The van der Waals surface area contributed by atoms with Gasteiger partial charge in [0.15, 0.2) is 0 Å². The Morgan fingerprint density at radius 3 is 2.77 bits per heavy atom. The molecule has 2 aromatic rings. The third-order valence-electron chi connectivity index (χ3n) is 6.61. The normalized spacial score (nSPS) is 21.3. The molecule has 5 nitrogen and oxygen atoms in total. The predicted octanol–water partition coefficient (Wildman–Crippen LogP) is 5.31. The van der Waals surface area contributed by atoms with Gasteiger partial charge in [-0.15, -0.1) is 11.8 Å². The maximum Gasteiger partial charge on any atom is 0.261 e. The average Bonchev–Trinajstić information content (AvgIpc) is 2.85. The summed E-state index contributed by atoms with van der Waals surface area (Å²) < 4.78 is 0.987. The fraction of sp³-hybridized carbons (Fsp3) is 0.429. The van der Waals surface area contributed by atoms with Gasteiger partial charge >= 0.3 is 0 Å². The number of thioether (sulfide) groups is 1. The number of hydrogen-bond donors (Lipinski definition) is 1. The predicted molar refractivity (Wildman–Crippen MR) is 148 cm³/mol. The van der Waals surface area contributed by atoms with Crippen LogP contribution in [-0.2, 0) is 16.1 Å². The number of rotatable bonds is 9. The molecule has 0 aromatic heterocycles. The van der Waals surface area contributed by atoms with Gasteiger partial charge in [-0.25, -0.2) is 0 Å². The SMILES string of the molecule is CN(CCCNC(=O)CN1C(=O)/C(=C\c2cccc(Br)c2)SC2CCCCC21)Cc1ccccc1. The summed E-state index contributed by atoms with van der Waals surface area (Å²) in [7, 11) is 2.10. The maximum absolute atomic E-state index is 13.4. The fourth-order valence-electron chi connectivity index (χ4n) is 4.87. The van der Waals surface area contributed by atoms with E-state index in [4.69, 9.17) is 0 Å². The minimum atomic E-state index is -0.0675. The highest BCUT2D eigenvalue weighted by atomic mass is 79.9. The Morgan fingerprint density at radius 2 is 1.97 bits per heavy atom. The van der Waals surface area contributed by atoms with Crippen molar-refractivity contribution in [3.05, 3.63) is 75.1 Å². The molecule has 1 heterocycles. The van der Waals surface area contributed by atoms with Crippen molar-refractivity contribution in [2.75, 3.05) is 26.7 Å². The van der Waals surface area contributed by atoms with Gasteiger partial charge in [-0.2, -0.15) is 0 Å². The Kier molecular flexibility index (Phi) is 9.46. The van der Waals surface area contributed by atoms with Crippen LogP contribution in [0.1, 0.15) is 43.2 Å². The number of carbonyl (C=O) groups is 2. The Labute approximate surface area is 221 Å². The Morgan fingerprint density at radius 1 is 1.17 bits per heavy atom. The molecule has 1 saturated heterocycles. The summed E-state index contributed by atoms with van der Waals surface area (Å²) in [6.07, 6.45) is 7.21. The Bertz CT molecular complexity index is 1050. The second-order valence-corrected chi connectivity index (χ2v) is 11.6. The summed E-state index contributed by atoms with van der Waals surface area (Å²) in [5, 5.41) is 3.41. The number of hydrogen-bond acceptors (Lipinski definition) is 4. The first-order chi connectivity index (χ1) is 17.0. The fourth-order valence-corrected chi connectivity index (χ4v) is 6.76. The maximum atomic E-state index is 13.4. The van der Waals surface area contributed by atoms with Crippen molar-refractivity contribution in [1.82, 2.24) is 15.1 Å². The van der Waals surface area contributed by atoms with E-state index in [1.165, 1.54) is 12.0 Å². The molecule has 2 aliphatic rings. The topological polar surface area (TPSA) is 52.7 Å². The molecule has 0 spiro atoms. The molecule has 2 unspecified atom stereocenters. The van der Waals surface area contributed by atoms with Crippen molar-refractivity contribution in [1.29, 1.82) is 0 Å². The molecule has 0 bridgehead atoms. The van der Waals surface area contributed by atoms with E-state index >= 15 is 0 Å². The third-order valence-corrected chi connectivity index (χ3v) is 8.50. The summed E-state index contributed by atoms with van der Waals surface area (Å²) in [5.74, 6) is -0.0852. The quantitative estimate of drug-likeness (QED) is 0.336. The van der Waals surface area contributed by atoms with Crippen LogP contribution in [0.25, 0.3) is 6.08 Å². The molecule has 2 fully saturated rings. The monoisotopic (exact) mass is 555 g/mol. The van der Waals surface area contributed by atoms with Crippen LogP contribution in [0.15, 0.2) is 64.0 Å². The largest absolute Gasteiger partial charge is 0.355 e. The molecule has 7 heteroatoms. The van der Waals surface area contributed by atoms with E-state index in [0.717, 1.165) is 53.7 Å². The van der Waals surface area contributed by atoms with E-state index in [1.807, 2.05) is 41.3 Å². The molecule has 186 valence electrons. The van der Waals surface area contributed by atoms with Gasteiger partial charge in [-0.1, -0.05) is 71.2 Å². The van der Waals surface area contributed by atoms with E-state index in [-0.39, 0.29) is 24.4 Å². The summed E-state index contributed by atoms with van der Waals surface area (Å²) in [6.45, 7) is 2.55. The first kappa shape index (κ1) is 26.0. The lowest BCUT2D eigenvalue weighted by Gasteiger charge is -2.43. The Hall–Kier alpha value is -2.09. The smallest absolute Gasteiger partial charge is 0.261 e. The molecule has 0 radical (unpaired) electrons. The van der Waals surface area contributed by atoms with Crippen molar-refractivity contribution < 1.29 is 9.59 Å². The van der Waals surface area contributed by atoms with E-state index in [2.05, 4.69) is 57.5 Å². The van der Waals surface area contributed by atoms with Gasteiger partial charge in [0.05, 0.1) is 4.91 Å². The zero-order valence-corrected chi connectivity index (χ0v) is 22.7. The third kappa shape index (κ3) is 7.45. The summed E-state index contributed by atoms with van der Waals surface area (Å²) in [4.78, 5) is 31.1. The molecule has 2 aromatic carbocycles. The van der Waals surface area contributed by atoms with Gasteiger partial charge < -0.3 is 15.1 Å². The number of halogens is 1. The van der Waals surface area contributed by atoms with Crippen molar-refractivity contribution in [3.8, 4) is 0 Å². The number of nitrogens with one attached hydrogen (secondary N) is 1. The molecular weight excluding hydrogens is 522 g/mol. The zero-order chi connectivity index (χ0) is 24.6. The summed E-state index contributed by atoms with van der Waals surface area (Å²) >= 11 is 5.21. The molecule has 1 aliphatic heterocycles. The zero-order valence-electron chi connectivity index (χ0n) is 20.3. The van der Waals surface area contributed by atoms with E-state index in [9.17, 15) is 9.59 Å². The molecule has 1 N–H and O–H groups in total. The lowest BCUT2D eigenvalue weighted by atomic mass is 9.93. The van der Waals surface area contributed by atoms with Crippen LogP contribution < -0.4 is 5.32 Å². The van der Waals surface area contributed by atoms with Crippen molar-refractivity contribution >= 4 is 45.6 Å². The van der Waals surface area contributed by atoms with E-state index in [1.54, 1.807) is 11.8 Å². The van der Waals surface area contributed by atoms with Gasteiger partial charge in [-0.3, -0.25) is 9.59 Å². The van der Waals surface area contributed by atoms with Crippen molar-refractivity contribution in [2.24, 2.45) is 0 Å². The van der Waals surface area contributed by atoms with E-state index < -0.39 is 0 Å². The van der Waals surface area contributed by atoms with E-state index in [0.29, 0.717) is 11.8 Å². The number of carbonyl (C=O) groups excluding carboxylic acids is 2. The van der Waals surface area contributed by atoms with Crippen LogP contribution >= 0.6 is 27.7 Å². The second kappa shape index (κ2) is 12.7. The molecular formula is C28H34BrN3O2S. The van der Waals surface area contributed by atoms with Crippen LogP contribution in [0.4, 0.5) is 0 Å². The first-order valence-electron chi connectivity index (χ1n) is 12.4. The number of fused-ring (bicyclic) bond motifs is 1. The lowest BCUT2D eigenvalue weighted by molar-refractivity contribution is -0.135. The van der Waals surface area contributed by atoms with Gasteiger partial charge in [0.1, 0.15) is 6.54 Å². The minimum absolute atomic E-state index is 0.0177. The van der Waals surface area contributed by atoms with Crippen LogP contribution in [0.3, 0.4) is 0 Å². The number of nitrogens with zero attached hydrogens (tertiary/aromatic N) is 2. The highest BCUT2D eigenvalue weighted by Gasteiger charge is 2.41. The molecule has 4 rings (SSSR count). The van der Waals surface area contributed by atoms with Gasteiger partial charge in [-0.05, 0) is 62.2 Å². The van der Waals surface area contributed by atoms with Crippen LogP contribution in [-0.4, -0.2) is 59.6 Å². The number of benzene rings is 2.